The molecule has 0 aliphatic heterocycles. The average Bonchev–Trinajstić information content (AvgIpc) is 2.46. The Balaban J connectivity index is 1.80. The number of carbonyl (C=O) groups is 1. The van der Waals surface area contributed by atoms with Crippen molar-refractivity contribution >= 4 is 21.8 Å². The fourth-order valence-corrected chi connectivity index (χ4v) is 4.14. The maximum atomic E-state index is 13.1. The highest BCUT2D eigenvalue weighted by atomic mass is 79.9. The second kappa shape index (κ2) is 6.71. The van der Waals surface area contributed by atoms with Gasteiger partial charge >= 0.3 is 0 Å². The zero-order valence-corrected chi connectivity index (χ0v) is 13.5. The monoisotopic (exact) mass is 351 g/mol. The Labute approximate surface area is 128 Å². The number of amides is 1. The van der Waals surface area contributed by atoms with Crippen molar-refractivity contribution in [3.63, 3.8) is 0 Å². The summed E-state index contributed by atoms with van der Waals surface area (Å²) in [6, 6.07) is 0. The summed E-state index contributed by atoms with van der Waals surface area (Å²) in [5.41, 5.74) is 0.173. The highest BCUT2D eigenvalue weighted by Crippen LogP contribution is 2.38. The lowest BCUT2D eigenvalue weighted by Gasteiger charge is -2.36. The zero-order chi connectivity index (χ0) is 14.6. The van der Waals surface area contributed by atoms with Gasteiger partial charge < -0.3 is 5.32 Å². The van der Waals surface area contributed by atoms with Crippen molar-refractivity contribution in [2.75, 3.05) is 11.9 Å². The molecule has 0 atom stereocenters. The van der Waals surface area contributed by atoms with E-state index < -0.39 is 5.92 Å². The number of carbonyl (C=O) groups excluding carboxylic acids is 1. The number of hydrogen-bond acceptors (Lipinski definition) is 1. The first-order valence-electron chi connectivity index (χ1n) is 7.68. The quantitative estimate of drug-likeness (QED) is 0.752. The minimum Gasteiger partial charge on any atom is -0.355 e. The van der Waals surface area contributed by atoms with Crippen molar-refractivity contribution in [2.24, 2.45) is 11.3 Å². The van der Waals surface area contributed by atoms with Gasteiger partial charge in [-0.05, 0) is 31.1 Å². The maximum absolute atomic E-state index is 13.1. The molecule has 20 heavy (non-hydrogen) atoms. The summed E-state index contributed by atoms with van der Waals surface area (Å²) in [4.78, 5) is 12.1. The van der Waals surface area contributed by atoms with Crippen LogP contribution in [0.25, 0.3) is 0 Å². The molecule has 2 nitrogen and oxygen atoms in total. The molecule has 2 aliphatic rings. The van der Waals surface area contributed by atoms with Gasteiger partial charge in [0.05, 0.1) is 0 Å². The molecule has 0 bridgehead atoms. The first-order chi connectivity index (χ1) is 9.46. The highest BCUT2D eigenvalue weighted by molar-refractivity contribution is 9.09. The molecule has 116 valence electrons. The molecule has 0 aromatic carbocycles. The smallest absolute Gasteiger partial charge is 0.248 e. The van der Waals surface area contributed by atoms with E-state index >= 15 is 0 Å². The first kappa shape index (κ1) is 16.2. The summed E-state index contributed by atoms with van der Waals surface area (Å²) in [6.45, 7) is 0.685. The third-order valence-corrected chi connectivity index (χ3v) is 6.11. The first-order valence-corrected chi connectivity index (χ1v) is 8.80. The second-order valence-corrected chi connectivity index (χ2v) is 7.10. The molecule has 2 aliphatic carbocycles. The van der Waals surface area contributed by atoms with Crippen LogP contribution in [0.5, 0.6) is 0 Å². The number of hydrogen-bond donors (Lipinski definition) is 1. The normalized spacial score (nSPS) is 26.1. The van der Waals surface area contributed by atoms with Crippen molar-refractivity contribution in [1.29, 1.82) is 0 Å². The molecule has 0 unspecified atom stereocenters. The highest BCUT2D eigenvalue weighted by Gasteiger charge is 2.38. The van der Waals surface area contributed by atoms with E-state index in [4.69, 9.17) is 0 Å². The van der Waals surface area contributed by atoms with E-state index in [9.17, 15) is 13.6 Å². The van der Waals surface area contributed by atoms with Crippen molar-refractivity contribution in [3.8, 4) is 0 Å². The van der Waals surface area contributed by atoms with Gasteiger partial charge in [-0.2, -0.15) is 0 Å². The van der Waals surface area contributed by atoms with E-state index in [0.29, 0.717) is 19.4 Å². The third kappa shape index (κ3) is 4.15. The van der Waals surface area contributed by atoms with Crippen LogP contribution < -0.4 is 5.32 Å². The van der Waals surface area contributed by atoms with Gasteiger partial charge in [0, 0.05) is 30.6 Å². The van der Waals surface area contributed by atoms with Gasteiger partial charge in [0.1, 0.15) is 0 Å². The average molecular weight is 352 g/mol. The van der Waals surface area contributed by atoms with Gasteiger partial charge in [0.2, 0.25) is 11.8 Å². The van der Waals surface area contributed by atoms with Gasteiger partial charge in [0.25, 0.3) is 0 Å². The summed E-state index contributed by atoms with van der Waals surface area (Å²) in [7, 11) is 0. The van der Waals surface area contributed by atoms with Crippen LogP contribution in [0.2, 0.25) is 0 Å². The number of halogens is 3. The van der Waals surface area contributed by atoms with Crippen LogP contribution in [0.1, 0.15) is 57.8 Å². The molecule has 0 aromatic heterocycles. The Morgan fingerprint density at radius 1 is 1.10 bits per heavy atom. The molecule has 1 amide bonds. The maximum Gasteiger partial charge on any atom is 0.248 e. The lowest BCUT2D eigenvalue weighted by molar-refractivity contribution is -0.129. The topological polar surface area (TPSA) is 29.1 Å². The standard InChI is InChI=1S/C15H24BrF2NO/c16-10-14(6-2-1-3-7-14)11-19-13(20)12-4-8-15(17,18)9-5-12/h12H,1-11H2,(H,19,20). The van der Waals surface area contributed by atoms with Crippen LogP contribution in [0.4, 0.5) is 8.78 Å². The molecular formula is C15H24BrF2NO. The molecule has 2 fully saturated rings. The summed E-state index contributed by atoms with van der Waals surface area (Å²) >= 11 is 3.58. The van der Waals surface area contributed by atoms with E-state index in [0.717, 1.165) is 18.2 Å². The molecule has 0 spiro atoms. The number of alkyl halides is 3. The molecule has 2 rings (SSSR count). The summed E-state index contributed by atoms with van der Waals surface area (Å²) in [5, 5.41) is 3.93. The van der Waals surface area contributed by atoms with Crippen molar-refractivity contribution < 1.29 is 13.6 Å². The minimum atomic E-state index is -2.56. The Hall–Kier alpha value is -0.190. The molecule has 0 aromatic rings. The molecule has 2 saturated carbocycles. The number of rotatable bonds is 4. The van der Waals surface area contributed by atoms with Crippen LogP contribution in [0.15, 0.2) is 0 Å². The summed E-state index contributed by atoms with van der Waals surface area (Å²) in [6.07, 6.45) is 6.35. The predicted molar refractivity (Wildman–Crippen MR) is 79.2 cm³/mol. The van der Waals surface area contributed by atoms with Crippen LogP contribution >= 0.6 is 15.9 Å². The van der Waals surface area contributed by atoms with Crippen LogP contribution in [-0.4, -0.2) is 23.7 Å². The lowest BCUT2D eigenvalue weighted by Crippen LogP contribution is -2.43. The second-order valence-electron chi connectivity index (χ2n) is 6.54. The summed E-state index contributed by atoms with van der Waals surface area (Å²) < 4.78 is 26.2. The Bertz CT molecular complexity index is 333. The fraction of sp³-hybridized carbons (Fsp3) is 0.933. The molecular weight excluding hydrogens is 328 g/mol. The van der Waals surface area contributed by atoms with E-state index in [1.165, 1.54) is 19.3 Å². The zero-order valence-electron chi connectivity index (χ0n) is 11.9. The summed E-state index contributed by atoms with van der Waals surface area (Å²) in [5.74, 6) is -2.80. The molecule has 1 N–H and O–H groups in total. The van der Waals surface area contributed by atoms with Gasteiger partial charge in [-0.3, -0.25) is 4.79 Å². The van der Waals surface area contributed by atoms with E-state index in [1.54, 1.807) is 0 Å². The SMILES string of the molecule is O=C(NCC1(CBr)CCCCC1)C1CCC(F)(F)CC1. The number of nitrogens with one attached hydrogen (secondary N) is 1. The Morgan fingerprint density at radius 3 is 2.25 bits per heavy atom. The van der Waals surface area contributed by atoms with Gasteiger partial charge in [0.15, 0.2) is 0 Å². The van der Waals surface area contributed by atoms with Crippen LogP contribution in [0.3, 0.4) is 0 Å². The van der Waals surface area contributed by atoms with Gasteiger partial charge in [-0.15, -0.1) is 0 Å². The molecule has 0 radical (unpaired) electrons. The van der Waals surface area contributed by atoms with Crippen LogP contribution in [-0.2, 0) is 4.79 Å². The van der Waals surface area contributed by atoms with Crippen molar-refractivity contribution in [1.82, 2.24) is 5.32 Å². The largest absolute Gasteiger partial charge is 0.355 e. The van der Waals surface area contributed by atoms with Crippen molar-refractivity contribution in [2.45, 2.75) is 63.7 Å². The molecule has 0 saturated heterocycles. The molecule has 0 heterocycles. The third-order valence-electron chi connectivity index (χ3n) is 4.92. The molecule has 5 heteroatoms. The Kier molecular flexibility index (Phi) is 5.43. The fourth-order valence-electron chi connectivity index (χ4n) is 3.38. The van der Waals surface area contributed by atoms with E-state index in [2.05, 4.69) is 21.2 Å². The lowest BCUT2D eigenvalue weighted by atomic mass is 9.75. The van der Waals surface area contributed by atoms with Crippen molar-refractivity contribution in [3.05, 3.63) is 0 Å². The van der Waals surface area contributed by atoms with E-state index in [1.807, 2.05) is 0 Å². The minimum absolute atomic E-state index is 0.0219. The van der Waals surface area contributed by atoms with Crippen LogP contribution in [0, 0.1) is 11.3 Å². The van der Waals surface area contributed by atoms with Gasteiger partial charge in [-0.1, -0.05) is 35.2 Å². The predicted octanol–water partition coefficient (Wildman–Crippen LogP) is 4.27. The Morgan fingerprint density at radius 2 is 1.70 bits per heavy atom. The van der Waals surface area contributed by atoms with E-state index in [-0.39, 0.29) is 30.1 Å². The van der Waals surface area contributed by atoms with Gasteiger partial charge in [-0.25, -0.2) is 8.78 Å².